The number of nitrogens with one attached hydrogen (secondary N) is 1. The molecule has 8 nitrogen and oxygen atoms in total. The third kappa shape index (κ3) is 5.98. The molecule has 1 aliphatic rings. The van der Waals surface area contributed by atoms with Crippen molar-refractivity contribution in [2.75, 3.05) is 24.3 Å². The number of rotatable bonds is 4. The first-order valence-electron chi connectivity index (χ1n) is 12.1. The van der Waals surface area contributed by atoms with Crippen LogP contribution in [0.25, 0.3) is 0 Å². The fourth-order valence-corrected chi connectivity index (χ4v) is 4.30. The lowest BCUT2D eigenvalue weighted by atomic mass is 9.92. The van der Waals surface area contributed by atoms with E-state index in [0.717, 1.165) is 33.5 Å². The molecule has 0 aromatic heterocycles. The summed E-state index contributed by atoms with van der Waals surface area (Å²) >= 11 is 0. The van der Waals surface area contributed by atoms with Crippen LogP contribution in [0.3, 0.4) is 0 Å². The highest BCUT2D eigenvalue weighted by Crippen LogP contribution is 2.33. The third-order valence-corrected chi connectivity index (χ3v) is 6.30. The van der Waals surface area contributed by atoms with E-state index in [0.29, 0.717) is 17.9 Å². The van der Waals surface area contributed by atoms with Crippen LogP contribution < -0.4 is 15.0 Å². The normalized spacial score (nSPS) is 15.1. The van der Waals surface area contributed by atoms with Gasteiger partial charge in [-0.15, -0.1) is 0 Å². The van der Waals surface area contributed by atoms with Gasteiger partial charge in [-0.2, -0.15) is 0 Å². The van der Waals surface area contributed by atoms with Crippen LogP contribution in [0.2, 0.25) is 0 Å². The number of carbonyl (C=O) groups excluding carboxylic acids is 3. The topological polar surface area (TPSA) is 88.2 Å². The Kier molecular flexibility index (Phi) is 7.67. The van der Waals surface area contributed by atoms with Crippen LogP contribution in [0.1, 0.15) is 55.5 Å². The van der Waals surface area contributed by atoms with E-state index >= 15 is 0 Å². The molecule has 0 saturated carbocycles. The van der Waals surface area contributed by atoms with Gasteiger partial charge in [0.05, 0.1) is 6.54 Å². The number of carbonyl (C=O) groups is 3. The summed E-state index contributed by atoms with van der Waals surface area (Å²) in [7, 11) is 3.93. The van der Waals surface area contributed by atoms with E-state index in [1.54, 1.807) is 6.07 Å². The largest absolute Gasteiger partial charge is 0.444 e. The molecule has 0 unspecified atom stereocenters. The maximum Gasteiger partial charge on any atom is 0.411 e. The van der Waals surface area contributed by atoms with E-state index in [1.165, 1.54) is 11.8 Å². The van der Waals surface area contributed by atoms with E-state index < -0.39 is 23.7 Å². The van der Waals surface area contributed by atoms with Gasteiger partial charge in [-0.1, -0.05) is 6.07 Å². The van der Waals surface area contributed by atoms with Crippen molar-refractivity contribution < 1.29 is 23.9 Å². The number of anilines is 2. The number of nitrogens with zero attached hydrogens (tertiary/aromatic N) is 2. The molecule has 194 valence electrons. The molecule has 1 heterocycles. The summed E-state index contributed by atoms with van der Waals surface area (Å²) in [6, 6.07) is 7.12. The van der Waals surface area contributed by atoms with Gasteiger partial charge in [0.1, 0.15) is 17.4 Å². The van der Waals surface area contributed by atoms with Crippen molar-refractivity contribution in [3.8, 4) is 5.75 Å². The quantitative estimate of drug-likeness (QED) is 0.479. The molecule has 0 saturated heterocycles. The fraction of sp³-hybridized carbons (Fsp3) is 0.464. The third-order valence-electron chi connectivity index (χ3n) is 6.30. The van der Waals surface area contributed by atoms with Crippen molar-refractivity contribution in [2.24, 2.45) is 0 Å². The average Bonchev–Trinajstić information content (AvgIpc) is 2.77. The van der Waals surface area contributed by atoms with Gasteiger partial charge in [0.25, 0.3) is 0 Å². The smallest absolute Gasteiger partial charge is 0.411 e. The molecule has 2 aromatic rings. The minimum absolute atomic E-state index is 0.270. The number of hydrogen-bond acceptors (Lipinski definition) is 6. The highest BCUT2D eigenvalue weighted by Gasteiger charge is 2.37. The van der Waals surface area contributed by atoms with Crippen LogP contribution in [-0.2, 0) is 27.3 Å². The highest BCUT2D eigenvalue weighted by atomic mass is 16.6. The van der Waals surface area contributed by atoms with Gasteiger partial charge < -0.3 is 19.7 Å². The van der Waals surface area contributed by atoms with E-state index in [9.17, 15) is 14.4 Å². The summed E-state index contributed by atoms with van der Waals surface area (Å²) in [5, 5.41) is 3.01. The predicted octanol–water partition coefficient (Wildman–Crippen LogP) is 4.90. The number of hydrogen-bond donors (Lipinski definition) is 1. The van der Waals surface area contributed by atoms with Crippen molar-refractivity contribution in [1.29, 1.82) is 0 Å². The highest BCUT2D eigenvalue weighted by molar-refractivity contribution is 5.98. The van der Waals surface area contributed by atoms with Crippen LogP contribution in [0.4, 0.5) is 16.2 Å². The Morgan fingerprint density at radius 3 is 2.28 bits per heavy atom. The molecule has 0 fully saturated rings. The van der Waals surface area contributed by atoms with E-state index in [4.69, 9.17) is 9.47 Å². The van der Waals surface area contributed by atoms with Crippen LogP contribution in [0.5, 0.6) is 5.75 Å². The van der Waals surface area contributed by atoms with Gasteiger partial charge in [-0.3, -0.25) is 14.5 Å². The van der Waals surface area contributed by atoms with E-state index in [-0.39, 0.29) is 12.5 Å². The zero-order valence-corrected chi connectivity index (χ0v) is 22.7. The summed E-state index contributed by atoms with van der Waals surface area (Å²) < 4.78 is 11.0. The molecule has 0 spiro atoms. The monoisotopic (exact) mass is 495 g/mol. The molecule has 0 aliphatic carbocycles. The van der Waals surface area contributed by atoms with Crippen molar-refractivity contribution in [2.45, 2.75) is 73.1 Å². The number of fused-ring (bicyclic) bond motifs is 1. The summed E-state index contributed by atoms with van der Waals surface area (Å²) in [5.74, 6) is -0.203. The molecule has 8 heteroatoms. The number of esters is 1. The maximum atomic E-state index is 13.6. The number of amides is 2. The molecule has 3 rings (SSSR count). The molecule has 0 bridgehead atoms. The zero-order chi connectivity index (χ0) is 26.9. The Labute approximate surface area is 213 Å². The standard InChI is InChI=1S/C28H37N3O5/c1-16-12-23(17(2)18(3)25(16)35-19(4)32)29-26(33)24-14-20-10-11-22(30(8)9)13-21(20)15-31(24)27(34)36-28(5,6)7/h10-13,24H,14-15H2,1-9H3,(H,29,33)/t24-/m0/s1. The Balaban J connectivity index is 1.96. The van der Waals surface area contributed by atoms with Gasteiger partial charge in [0.15, 0.2) is 0 Å². The molecule has 1 aliphatic heterocycles. The second kappa shape index (κ2) is 10.2. The maximum absolute atomic E-state index is 13.6. The van der Waals surface area contributed by atoms with Crippen LogP contribution in [0.15, 0.2) is 24.3 Å². The lowest BCUT2D eigenvalue weighted by Crippen LogP contribution is -2.52. The fourth-order valence-electron chi connectivity index (χ4n) is 4.30. The first-order valence-corrected chi connectivity index (χ1v) is 12.1. The minimum Gasteiger partial charge on any atom is -0.444 e. The Morgan fingerprint density at radius 1 is 1.03 bits per heavy atom. The predicted molar refractivity (Wildman–Crippen MR) is 141 cm³/mol. The lowest BCUT2D eigenvalue weighted by molar-refractivity contribution is -0.132. The minimum atomic E-state index is -0.745. The molecule has 0 radical (unpaired) electrons. The average molecular weight is 496 g/mol. The number of aryl methyl sites for hydroxylation is 1. The SMILES string of the molecule is CC(=O)Oc1c(C)cc(NC(=O)[C@@H]2Cc3ccc(N(C)C)cc3CN2C(=O)OC(C)(C)C)c(C)c1C. The molecule has 1 atom stereocenters. The molecule has 2 aromatic carbocycles. The Bertz CT molecular complexity index is 1200. The lowest BCUT2D eigenvalue weighted by Gasteiger charge is -2.37. The number of ether oxygens (including phenoxy) is 2. The molecule has 2 amide bonds. The Hall–Kier alpha value is -3.55. The van der Waals surface area contributed by atoms with Crippen molar-refractivity contribution >= 4 is 29.3 Å². The molecule has 36 heavy (non-hydrogen) atoms. The van der Waals surface area contributed by atoms with Crippen LogP contribution in [-0.4, -0.2) is 48.6 Å². The summed E-state index contributed by atoms with van der Waals surface area (Å²) in [6.45, 7) is 12.6. The summed E-state index contributed by atoms with van der Waals surface area (Å²) in [4.78, 5) is 41.8. The second-order valence-corrected chi connectivity index (χ2v) is 10.6. The zero-order valence-electron chi connectivity index (χ0n) is 22.7. The first kappa shape index (κ1) is 27.0. The van der Waals surface area contributed by atoms with Crippen molar-refractivity contribution in [3.05, 3.63) is 52.1 Å². The first-order chi connectivity index (χ1) is 16.7. The van der Waals surface area contributed by atoms with Gasteiger partial charge >= 0.3 is 12.1 Å². The molecular formula is C28H37N3O5. The summed E-state index contributed by atoms with van der Waals surface area (Å²) in [5.41, 5.74) is 5.26. The van der Waals surface area contributed by atoms with E-state index in [2.05, 4.69) is 5.32 Å². The van der Waals surface area contributed by atoms with Crippen molar-refractivity contribution in [3.63, 3.8) is 0 Å². The Morgan fingerprint density at radius 2 is 1.69 bits per heavy atom. The second-order valence-electron chi connectivity index (χ2n) is 10.6. The summed E-state index contributed by atoms with van der Waals surface area (Å²) in [6.07, 6.45) is -0.158. The van der Waals surface area contributed by atoms with Crippen molar-refractivity contribution in [1.82, 2.24) is 4.90 Å². The van der Waals surface area contributed by atoms with Gasteiger partial charge in [-0.25, -0.2) is 4.79 Å². The molecular weight excluding hydrogens is 458 g/mol. The number of benzene rings is 2. The van der Waals surface area contributed by atoms with Crippen LogP contribution >= 0.6 is 0 Å². The van der Waals surface area contributed by atoms with Crippen LogP contribution in [0, 0.1) is 20.8 Å². The van der Waals surface area contributed by atoms with Gasteiger partial charge in [0.2, 0.25) is 5.91 Å². The van der Waals surface area contributed by atoms with Gasteiger partial charge in [-0.05, 0) is 87.6 Å². The van der Waals surface area contributed by atoms with E-state index in [1.807, 2.05) is 78.7 Å². The molecule has 1 N–H and O–H groups in total. The van der Waals surface area contributed by atoms with Gasteiger partial charge in [0, 0.05) is 38.8 Å².